The summed E-state index contributed by atoms with van der Waals surface area (Å²) in [7, 11) is 1.86. The van der Waals surface area contributed by atoms with Crippen molar-refractivity contribution in [3.05, 3.63) is 84.0 Å². The van der Waals surface area contributed by atoms with Gasteiger partial charge in [0.15, 0.2) is 0 Å². The number of aromatic nitrogens is 5. The average molecular weight is 615 g/mol. The van der Waals surface area contributed by atoms with Gasteiger partial charge in [0, 0.05) is 45.8 Å². The van der Waals surface area contributed by atoms with Crippen LogP contribution in [0.4, 0.5) is 8.78 Å². The summed E-state index contributed by atoms with van der Waals surface area (Å²) in [6, 6.07) is 11.0. The molecule has 9 nitrogen and oxygen atoms in total. The second kappa shape index (κ2) is 11.6. The smallest absolute Gasteiger partial charge is 0.243 e. The minimum atomic E-state index is -0.876. The first-order valence-corrected chi connectivity index (χ1v) is 14.6. The third-order valence-electron chi connectivity index (χ3n) is 7.23. The zero-order chi connectivity index (χ0) is 31.1. The number of aryl methyl sites for hydroxylation is 1. The summed E-state index contributed by atoms with van der Waals surface area (Å²) in [5.74, 6) is -2.10. The number of hydrogen-bond acceptors (Lipinski definition) is 7. The summed E-state index contributed by atoms with van der Waals surface area (Å²) in [5.41, 5.74) is 3.98. The number of fused-ring (bicyclic) bond motifs is 2. The maximum Gasteiger partial charge on any atom is 0.243 e. The lowest BCUT2D eigenvalue weighted by molar-refractivity contribution is -0.117. The number of ether oxygens (including phenoxy) is 1. The molecule has 0 aliphatic carbocycles. The standard InChI is InChI=1S/C32H28F2N6O3S/c1-5-27(42)36-17(3)23-13-24(39-38-23)31-29(28-22(34)11-20(33)12-26(28)43-15-16(2)41)32-21(8-9-44-32)30(37-31)18-6-7-19-14-35-40(4)25(19)10-18/h5-14,16-17,41H,1,15H2,2-4H3,(H,36,42)(H,38,39)/t16-,17-/m1/s1. The van der Waals surface area contributed by atoms with Gasteiger partial charge in [0.05, 0.1) is 40.8 Å². The van der Waals surface area contributed by atoms with Gasteiger partial charge in [-0.3, -0.25) is 14.6 Å². The van der Waals surface area contributed by atoms with Crippen LogP contribution in [0.3, 0.4) is 0 Å². The first-order chi connectivity index (χ1) is 21.1. The number of nitrogens with zero attached hydrogens (tertiary/aromatic N) is 4. The normalized spacial score (nSPS) is 12.9. The Bertz CT molecular complexity index is 2050. The van der Waals surface area contributed by atoms with Crippen molar-refractivity contribution in [3.63, 3.8) is 0 Å². The van der Waals surface area contributed by atoms with Gasteiger partial charge in [-0.2, -0.15) is 10.2 Å². The highest BCUT2D eigenvalue weighted by molar-refractivity contribution is 7.18. The van der Waals surface area contributed by atoms with Gasteiger partial charge in [-0.25, -0.2) is 13.8 Å². The molecule has 44 heavy (non-hydrogen) atoms. The summed E-state index contributed by atoms with van der Waals surface area (Å²) < 4.78 is 38.6. The van der Waals surface area contributed by atoms with Gasteiger partial charge in [0.1, 0.15) is 35.4 Å². The molecule has 0 saturated carbocycles. The van der Waals surface area contributed by atoms with Crippen LogP contribution in [0.2, 0.25) is 0 Å². The molecule has 0 spiro atoms. The van der Waals surface area contributed by atoms with Gasteiger partial charge >= 0.3 is 0 Å². The summed E-state index contributed by atoms with van der Waals surface area (Å²) in [6.07, 6.45) is 2.08. The van der Waals surface area contributed by atoms with Crippen LogP contribution in [0.5, 0.6) is 5.75 Å². The Morgan fingerprint density at radius 2 is 2.00 bits per heavy atom. The van der Waals surface area contributed by atoms with Gasteiger partial charge in [0.25, 0.3) is 0 Å². The van der Waals surface area contributed by atoms with E-state index in [9.17, 15) is 14.3 Å². The van der Waals surface area contributed by atoms with E-state index in [0.717, 1.165) is 34.0 Å². The molecular formula is C32H28F2N6O3S. The highest BCUT2D eigenvalue weighted by Crippen LogP contribution is 2.47. The Hall–Kier alpha value is -4.94. The SMILES string of the molecule is C=CC(=O)N[C@H](C)c1cc(-c2nc(-c3ccc4cnn(C)c4c3)c3ccsc3c2-c2c(F)cc(F)cc2OC[C@@H](C)O)n[nH]1. The van der Waals surface area contributed by atoms with E-state index in [-0.39, 0.29) is 23.8 Å². The van der Waals surface area contributed by atoms with Crippen molar-refractivity contribution >= 4 is 38.2 Å². The molecule has 0 radical (unpaired) electrons. The minimum Gasteiger partial charge on any atom is -0.490 e. The largest absolute Gasteiger partial charge is 0.490 e. The molecule has 12 heteroatoms. The highest BCUT2D eigenvalue weighted by Gasteiger charge is 2.27. The number of halogens is 2. The van der Waals surface area contributed by atoms with Gasteiger partial charge < -0.3 is 15.2 Å². The Morgan fingerprint density at radius 3 is 2.77 bits per heavy atom. The van der Waals surface area contributed by atoms with E-state index in [0.29, 0.717) is 33.0 Å². The Labute approximate surface area is 254 Å². The van der Waals surface area contributed by atoms with E-state index in [2.05, 4.69) is 27.2 Å². The van der Waals surface area contributed by atoms with Crippen molar-refractivity contribution in [3.8, 4) is 39.5 Å². The second-order valence-corrected chi connectivity index (χ2v) is 11.4. The number of aromatic amines is 1. The van der Waals surface area contributed by atoms with E-state index in [1.165, 1.54) is 24.3 Å². The first kappa shape index (κ1) is 29.1. The molecule has 4 aromatic heterocycles. The zero-order valence-corrected chi connectivity index (χ0v) is 24.9. The fourth-order valence-electron chi connectivity index (χ4n) is 5.10. The lowest BCUT2D eigenvalue weighted by atomic mass is 9.96. The van der Waals surface area contributed by atoms with Gasteiger partial charge in [0.2, 0.25) is 5.91 Å². The van der Waals surface area contributed by atoms with Crippen LogP contribution in [-0.2, 0) is 11.8 Å². The minimum absolute atomic E-state index is 0.00630. The predicted octanol–water partition coefficient (Wildman–Crippen LogP) is 6.31. The number of thiophene rings is 1. The van der Waals surface area contributed by atoms with E-state index in [1.54, 1.807) is 23.9 Å². The molecule has 3 N–H and O–H groups in total. The van der Waals surface area contributed by atoms with Crippen molar-refractivity contribution < 1.29 is 23.4 Å². The van der Waals surface area contributed by atoms with E-state index >= 15 is 4.39 Å². The molecular weight excluding hydrogens is 586 g/mol. The molecule has 0 saturated heterocycles. The van der Waals surface area contributed by atoms with Gasteiger partial charge in [-0.1, -0.05) is 18.7 Å². The number of benzene rings is 2. The number of carbonyl (C=O) groups is 1. The van der Waals surface area contributed by atoms with Crippen LogP contribution in [0.1, 0.15) is 25.6 Å². The van der Waals surface area contributed by atoms with Crippen molar-refractivity contribution in [2.45, 2.75) is 26.0 Å². The Morgan fingerprint density at radius 1 is 1.18 bits per heavy atom. The van der Waals surface area contributed by atoms with Crippen molar-refractivity contribution in [2.75, 3.05) is 6.61 Å². The number of nitrogens with one attached hydrogen (secondary N) is 2. The summed E-state index contributed by atoms with van der Waals surface area (Å²) in [5, 5.41) is 28.1. The fraction of sp³-hybridized carbons (Fsp3) is 0.188. The molecule has 224 valence electrons. The third kappa shape index (κ3) is 5.33. The van der Waals surface area contributed by atoms with Crippen LogP contribution in [0, 0.1) is 11.6 Å². The van der Waals surface area contributed by atoms with Crippen LogP contribution in [-0.4, -0.2) is 48.7 Å². The Kier molecular flexibility index (Phi) is 7.70. The molecule has 0 fully saturated rings. The molecule has 1 amide bonds. The number of aliphatic hydroxyl groups excluding tert-OH is 1. The molecule has 2 atom stereocenters. The predicted molar refractivity (Wildman–Crippen MR) is 166 cm³/mol. The maximum atomic E-state index is 15.9. The van der Waals surface area contributed by atoms with Gasteiger partial charge in [-0.05, 0) is 43.5 Å². The molecule has 0 unspecified atom stereocenters. The molecule has 0 bridgehead atoms. The van der Waals surface area contributed by atoms with Gasteiger partial charge in [-0.15, -0.1) is 11.3 Å². The topological polar surface area (TPSA) is 118 Å². The summed E-state index contributed by atoms with van der Waals surface area (Å²) >= 11 is 1.38. The van der Waals surface area contributed by atoms with Crippen molar-refractivity contribution in [1.82, 2.24) is 30.3 Å². The van der Waals surface area contributed by atoms with E-state index in [1.807, 2.05) is 36.7 Å². The van der Waals surface area contributed by atoms with Crippen LogP contribution < -0.4 is 10.1 Å². The number of aliphatic hydroxyl groups is 1. The molecule has 2 aromatic carbocycles. The quantitative estimate of drug-likeness (QED) is 0.164. The molecule has 0 aliphatic heterocycles. The lowest BCUT2D eigenvalue weighted by Gasteiger charge is -2.18. The molecule has 0 aliphatic rings. The second-order valence-electron chi connectivity index (χ2n) is 10.5. The number of H-pyrrole nitrogens is 1. The number of amides is 1. The Balaban J connectivity index is 1.63. The summed E-state index contributed by atoms with van der Waals surface area (Å²) in [4.78, 5) is 17.0. The number of pyridine rings is 1. The maximum absolute atomic E-state index is 15.9. The molecule has 6 rings (SSSR count). The molecule has 4 heterocycles. The van der Waals surface area contributed by atoms with Crippen LogP contribution in [0.25, 0.3) is 54.8 Å². The van der Waals surface area contributed by atoms with Crippen molar-refractivity contribution in [2.24, 2.45) is 7.05 Å². The van der Waals surface area contributed by atoms with Crippen molar-refractivity contribution in [1.29, 1.82) is 0 Å². The molecule has 6 aromatic rings. The fourth-order valence-corrected chi connectivity index (χ4v) is 6.05. The van der Waals surface area contributed by atoms with Crippen LogP contribution >= 0.6 is 11.3 Å². The van der Waals surface area contributed by atoms with E-state index < -0.39 is 23.8 Å². The number of hydrogen-bond donors (Lipinski definition) is 3. The lowest BCUT2D eigenvalue weighted by Crippen LogP contribution is -2.24. The summed E-state index contributed by atoms with van der Waals surface area (Å²) in [6.45, 7) is 6.62. The number of rotatable bonds is 9. The monoisotopic (exact) mass is 614 g/mol. The van der Waals surface area contributed by atoms with E-state index in [4.69, 9.17) is 9.72 Å². The number of carbonyl (C=O) groups excluding carboxylic acids is 1. The third-order valence-corrected chi connectivity index (χ3v) is 8.16. The zero-order valence-electron chi connectivity index (χ0n) is 24.1. The highest BCUT2D eigenvalue weighted by atomic mass is 32.1. The van der Waals surface area contributed by atoms with Crippen LogP contribution in [0.15, 0.2) is 66.7 Å². The first-order valence-electron chi connectivity index (χ1n) is 13.8. The average Bonchev–Trinajstić information content (AvgIpc) is 3.76.